The molecule has 7 aliphatic rings. The number of benzene rings is 5. The minimum Gasteiger partial charge on any atom is -0.508 e. The summed E-state index contributed by atoms with van der Waals surface area (Å²) < 4.78 is 81.3. The van der Waals surface area contributed by atoms with Crippen molar-refractivity contribution in [3.05, 3.63) is 117 Å². The van der Waals surface area contributed by atoms with Crippen molar-refractivity contribution in [2.75, 3.05) is 20.2 Å². The summed E-state index contributed by atoms with van der Waals surface area (Å²) in [6, 6.07) is -1.55. The Balaban J connectivity index is 1.25. The van der Waals surface area contributed by atoms with E-state index in [9.17, 15) is 63.4 Å². The van der Waals surface area contributed by atoms with Gasteiger partial charge in [-0.15, -0.1) is 0 Å². The van der Waals surface area contributed by atoms with Gasteiger partial charge in [0.25, 0.3) is 0 Å². The van der Waals surface area contributed by atoms with E-state index in [2.05, 4.69) is 49.5 Å². The van der Waals surface area contributed by atoms with Crippen molar-refractivity contribution in [3.63, 3.8) is 0 Å². The average Bonchev–Trinajstić information content (AvgIpc) is 1.62. The molecule has 626 valence electrons. The molecule has 2 fully saturated rings. The Bertz CT molecular complexity index is 4560. The van der Waals surface area contributed by atoms with E-state index in [1.54, 1.807) is 0 Å². The third kappa shape index (κ3) is 20.9. The first-order chi connectivity index (χ1) is 54.4. The second kappa shape index (κ2) is 37.8. The van der Waals surface area contributed by atoms with Crippen LogP contribution in [0.4, 0.5) is 0 Å². The molecular weight excluding hydrogens is 1570 g/mol. The number of carbonyl (C=O) groups excluding carboxylic acids is 8. The van der Waals surface area contributed by atoms with Crippen molar-refractivity contribution in [1.82, 2.24) is 42.5 Å². The Morgan fingerprint density at radius 1 is 0.713 bits per heavy atom. The van der Waals surface area contributed by atoms with Crippen LogP contribution in [0.15, 0.2) is 78.9 Å². The van der Waals surface area contributed by atoms with Crippen molar-refractivity contribution in [2.24, 2.45) is 17.4 Å². The summed E-state index contributed by atoms with van der Waals surface area (Å²) in [5.41, 5.74) is 7.40. The van der Waals surface area contributed by atoms with Crippen molar-refractivity contribution in [1.29, 1.82) is 0 Å². The number of halogens is 2. The first kappa shape index (κ1) is 88.1. The molecule has 7 heterocycles. The van der Waals surface area contributed by atoms with E-state index in [0.29, 0.717) is 12.8 Å². The zero-order valence-corrected chi connectivity index (χ0v) is 65.7. The summed E-state index contributed by atoms with van der Waals surface area (Å²) in [6.07, 6.45) is -12.6. The number of hydrogen-bond acceptors (Lipinski definition) is 27. The maximum atomic E-state index is 16.5. The molecule has 21 N–H and O–H groups in total. The van der Waals surface area contributed by atoms with Crippen LogP contribution in [0.1, 0.15) is 163 Å². The number of ether oxygens (including phenoxy) is 6. The molecular formula is C76H96Cl2N10O26S. The number of phenolic OH excluding ortho intramolecular Hbond substituents is 3. The van der Waals surface area contributed by atoms with Gasteiger partial charge in [0.1, 0.15) is 95.5 Å². The zero-order chi connectivity index (χ0) is 83.8. The molecule has 0 radical (unpaired) electrons. The predicted molar refractivity (Wildman–Crippen MR) is 408 cm³/mol. The molecule has 7 aliphatic heterocycles. The van der Waals surface area contributed by atoms with Gasteiger partial charge >= 0.3 is 10.4 Å². The fourth-order valence-corrected chi connectivity index (χ4v) is 15.3. The number of fused-ring (bicyclic) bond motifs is 14. The number of phenols is 3. The maximum absolute atomic E-state index is 16.5. The highest BCUT2D eigenvalue weighted by atomic mass is 35.5. The van der Waals surface area contributed by atoms with Crippen molar-refractivity contribution in [3.8, 4) is 57.1 Å². The van der Waals surface area contributed by atoms with E-state index in [1.807, 2.05) is 13.8 Å². The predicted octanol–water partition coefficient (Wildman–Crippen LogP) is 3.11. The fraction of sp³-hybridized carbons (Fsp3) is 0.500. The molecule has 5 aromatic rings. The molecule has 0 saturated carbocycles. The number of primary amides is 1. The molecule has 5 aromatic carbocycles. The summed E-state index contributed by atoms with van der Waals surface area (Å²) in [4.78, 5) is 121. The fourth-order valence-electron chi connectivity index (χ4n) is 14.4. The van der Waals surface area contributed by atoms with Crippen LogP contribution in [-0.4, -0.2) is 200 Å². The maximum Gasteiger partial charge on any atom is 0.398 e. The second-order valence-electron chi connectivity index (χ2n) is 29.6. The first-order valence-electron chi connectivity index (χ1n) is 37.4. The zero-order valence-electron chi connectivity index (χ0n) is 63.4. The molecule has 18 atom stereocenters. The van der Waals surface area contributed by atoms with Crippen LogP contribution in [0.25, 0.3) is 11.1 Å². The lowest BCUT2D eigenvalue weighted by atomic mass is 9.86. The molecule has 0 spiro atoms. The highest BCUT2D eigenvalue weighted by Gasteiger charge is 2.52. The SMILES string of the molecule is CCCCCCCCCCNC(=O)C1NC(=O)C2NC(=O)C(NC(=O)C3NC(=O)C(CC(N)=O)NC(=O)C(NC(=O)C(CC(C)C)NC)C(O)c4ccc(c(Cl)c4)Oc4cc3cc(c4OC3OC(CO)C(O)C(O)C3OC3CC(C)(N)C(O)C(C)O3)Oc3ccc(cc3Cl)C2OS(=O)(=O)O)c2cccc(O)c2-c2c(O)cc(O)cc21. The number of nitrogens with two attached hydrogens (primary N) is 2. The number of aliphatic hydroxyl groups excluding tert-OH is 5. The van der Waals surface area contributed by atoms with Gasteiger partial charge in [-0.25, -0.2) is 4.18 Å². The van der Waals surface area contributed by atoms with E-state index in [0.717, 1.165) is 111 Å². The highest BCUT2D eigenvalue weighted by Crippen LogP contribution is 2.51. The van der Waals surface area contributed by atoms with Crippen LogP contribution in [0.5, 0.6) is 46.0 Å². The number of nitrogens with one attached hydrogen (secondary N) is 8. The van der Waals surface area contributed by atoms with E-state index < -0.39 is 269 Å². The Morgan fingerprint density at radius 2 is 1.33 bits per heavy atom. The number of rotatable bonds is 24. The molecule has 115 heavy (non-hydrogen) atoms. The van der Waals surface area contributed by atoms with E-state index >= 15 is 28.8 Å². The number of aromatic hydroxyl groups is 3. The lowest BCUT2D eigenvalue weighted by Gasteiger charge is -2.47. The second-order valence-corrected chi connectivity index (χ2v) is 31.5. The van der Waals surface area contributed by atoms with Crippen LogP contribution in [-0.2, 0) is 67.1 Å². The third-order valence-corrected chi connectivity index (χ3v) is 21.4. The van der Waals surface area contributed by atoms with Gasteiger partial charge in [0, 0.05) is 35.7 Å². The van der Waals surface area contributed by atoms with Gasteiger partial charge in [-0.2, -0.15) is 8.42 Å². The minimum absolute atomic E-state index is 0.0369. The molecule has 9 bridgehead atoms. The van der Waals surface area contributed by atoms with Crippen molar-refractivity contribution < 1.29 is 125 Å². The molecule has 2 saturated heterocycles. The van der Waals surface area contributed by atoms with E-state index in [-0.39, 0.29) is 30.9 Å². The highest BCUT2D eigenvalue weighted by molar-refractivity contribution is 7.80. The number of hydrogen-bond donors (Lipinski definition) is 19. The number of aliphatic hydroxyl groups is 5. The van der Waals surface area contributed by atoms with Gasteiger partial charge in [-0.3, -0.25) is 42.9 Å². The van der Waals surface area contributed by atoms with Gasteiger partial charge in [0.05, 0.1) is 41.3 Å². The summed E-state index contributed by atoms with van der Waals surface area (Å²) in [5.74, 6) is -16.3. The average molecular weight is 1670 g/mol. The summed E-state index contributed by atoms with van der Waals surface area (Å²) >= 11 is 14.3. The minimum atomic E-state index is -5.84. The molecule has 0 aromatic heterocycles. The Hall–Kier alpha value is -9.29. The smallest absolute Gasteiger partial charge is 0.398 e. The molecule has 18 unspecified atom stereocenters. The lowest BCUT2D eigenvalue weighted by molar-refractivity contribution is -0.333. The van der Waals surface area contributed by atoms with Gasteiger partial charge in [0.2, 0.25) is 59.3 Å². The molecule has 8 amide bonds. The Morgan fingerprint density at radius 3 is 1.94 bits per heavy atom. The first-order valence-corrected chi connectivity index (χ1v) is 39.5. The molecule has 36 nitrogen and oxygen atoms in total. The van der Waals surface area contributed by atoms with Gasteiger partial charge in [0.15, 0.2) is 23.9 Å². The molecule has 0 aliphatic carbocycles. The van der Waals surface area contributed by atoms with Gasteiger partial charge in [-0.05, 0) is 116 Å². The topological polar surface area (TPSA) is 566 Å². The largest absolute Gasteiger partial charge is 0.508 e. The van der Waals surface area contributed by atoms with Crippen LogP contribution < -0.4 is 68.2 Å². The summed E-state index contributed by atoms with van der Waals surface area (Å²) in [5, 5.41) is 113. The Labute approximate surface area is 670 Å². The number of amides is 8. The van der Waals surface area contributed by atoms with Crippen LogP contribution in [0.3, 0.4) is 0 Å². The Kier molecular flexibility index (Phi) is 28.9. The number of unbranched alkanes of at least 4 members (excludes halogenated alkanes) is 7. The van der Waals surface area contributed by atoms with E-state index in [1.165, 1.54) is 27.0 Å². The normalized spacial score (nSPS) is 27.4. The lowest BCUT2D eigenvalue weighted by Crippen LogP contribution is -2.64. The van der Waals surface area contributed by atoms with Crippen LogP contribution in [0.2, 0.25) is 10.0 Å². The molecule has 39 heteroatoms. The quantitative estimate of drug-likeness (QED) is 0.0312. The summed E-state index contributed by atoms with van der Waals surface area (Å²) in [7, 11) is -4.38. The molecule has 12 rings (SSSR count). The standard InChI is InChI=1S/C76H96Cl2N10O26S/c1-7-8-9-10-11-12-13-14-22-82-70(100)58-40-28-38(90)29-46(92)55(40)54-39(16-15-17-45(54)91)57-72(102)88-60(74(104)86-58)64(114-115(105,106)107)36-19-21-48(42(78)25-36)110-50-27-37-26-49(65(50)113-75-66(63(96)62(95)51(32-89)111-75)112-53-31-76(5,80)67(97)34(4)108-53)109-47-20-18-35(24-41(47)77)61(94)59(87-68(98)43(81-6)23-33(2)3)73(103)83-44(30-52(79)93)69(99)84-56(37)71(101)85-57/h15-21,24-29,33-34,43-44,51,53,56-64,66-67,75,81,89-92,94-97H,7-14,22-23,30-32,80H2,1-6H3,(H2,79,93)(H,82,100)(H,83,103)(H,84,99)(H,85,101)(H,86,104)(H,87,98)(H,88,102)(H,105,106,107). The van der Waals surface area contributed by atoms with Crippen LogP contribution in [0, 0.1) is 5.92 Å². The van der Waals surface area contributed by atoms with Gasteiger partial charge < -0.3 is 123 Å². The monoisotopic (exact) mass is 1670 g/mol. The van der Waals surface area contributed by atoms with Crippen molar-refractivity contribution in [2.45, 2.75) is 214 Å². The van der Waals surface area contributed by atoms with Gasteiger partial charge in [-0.1, -0.05) is 113 Å². The number of carbonyl (C=O) groups is 8. The van der Waals surface area contributed by atoms with Crippen LogP contribution >= 0.6 is 23.2 Å². The summed E-state index contributed by atoms with van der Waals surface area (Å²) in [6.45, 7) is 7.62. The number of likely N-dealkylation sites (N-methyl/N-ethyl adjacent to an activating group) is 1. The third-order valence-electron chi connectivity index (χ3n) is 20.3. The van der Waals surface area contributed by atoms with Crippen molar-refractivity contribution >= 4 is 80.9 Å². The van der Waals surface area contributed by atoms with E-state index in [4.69, 9.17) is 67.3 Å².